The molecular formula is C19H21N3O4S. The Kier molecular flexibility index (Phi) is 4.93. The van der Waals surface area contributed by atoms with Gasteiger partial charge in [-0.2, -0.15) is 0 Å². The Morgan fingerprint density at radius 3 is 2.44 bits per heavy atom. The van der Waals surface area contributed by atoms with Crippen molar-refractivity contribution in [2.24, 2.45) is 14.1 Å². The number of imidazole rings is 1. The van der Waals surface area contributed by atoms with E-state index in [1.165, 1.54) is 21.3 Å². The SMILES string of the molecule is CCc1cccc(NC(=O)CS(=O)(=O)c2ccc3c(c2)n(C)c(=O)n3C)c1. The van der Waals surface area contributed by atoms with Gasteiger partial charge in [0, 0.05) is 19.8 Å². The molecule has 3 aromatic rings. The average molecular weight is 387 g/mol. The third kappa shape index (κ3) is 3.66. The average Bonchev–Trinajstić information content (AvgIpc) is 2.85. The number of fused-ring (bicyclic) bond motifs is 1. The summed E-state index contributed by atoms with van der Waals surface area (Å²) >= 11 is 0. The number of nitrogens with zero attached hydrogens (tertiary/aromatic N) is 2. The van der Waals surface area contributed by atoms with Gasteiger partial charge in [-0.1, -0.05) is 19.1 Å². The van der Waals surface area contributed by atoms with Crippen molar-refractivity contribution < 1.29 is 13.2 Å². The van der Waals surface area contributed by atoms with Crippen molar-refractivity contribution in [2.45, 2.75) is 18.2 Å². The summed E-state index contributed by atoms with van der Waals surface area (Å²) in [5.74, 6) is -1.28. The van der Waals surface area contributed by atoms with E-state index in [4.69, 9.17) is 0 Å². The quantitative estimate of drug-likeness (QED) is 0.723. The highest BCUT2D eigenvalue weighted by atomic mass is 32.2. The van der Waals surface area contributed by atoms with E-state index in [1.54, 1.807) is 26.2 Å². The van der Waals surface area contributed by atoms with Gasteiger partial charge in [-0.3, -0.25) is 13.9 Å². The van der Waals surface area contributed by atoms with Crippen molar-refractivity contribution >= 4 is 32.5 Å². The first-order chi connectivity index (χ1) is 12.7. The zero-order valence-electron chi connectivity index (χ0n) is 15.4. The third-order valence-electron chi connectivity index (χ3n) is 4.54. The molecule has 0 spiro atoms. The Bertz CT molecular complexity index is 1190. The predicted octanol–water partition coefficient (Wildman–Crippen LogP) is 1.85. The number of nitrogens with one attached hydrogen (secondary N) is 1. The maximum atomic E-state index is 12.6. The highest BCUT2D eigenvalue weighted by Gasteiger charge is 2.21. The lowest BCUT2D eigenvalue weighted by atomic mass is 10.1. The molecule has 27 heavy (non-hydrogen) atoms. The van der Waals surface area contributed by atoms with Crippen molar-refractivity contribution in [3.8, 4) is 0 Å². The predicted molar refractivity (Wildman–Crippen MR) is 105 cm³/mol. The van der Waals surface area contributed by atoms with Crippen LogP contribution in [0.1, 0.15) is 12.5 Å². The standard InChI is InChI=1S/C19H21N3O4S/c1-4-13-6-5-7-14(10-13)20-18(23)12-27(25,26)15-8-9-16-17(11-15)22(3)19(24)21(16)2/h5-11H,4,12H2,1-3H3,(H,20,23). The summed E-state index contributed by atoms with van der Waals surface area (Å²) in [5.41, 5.74) is 2.50. The van der Waals surface area contributed by atoms with Gasteiger partial charge in [0.15, 0.2) is 9.84 Å². The van der Waals surface area contributed by atoms with E-state index in [2.05, 4.69) is 5.32 Å². The highest BCUT2D eigenvalue weighted by molar-refractivity contribution is 7.92. The summed E-state index contributed by atoms with van der Waals surface area (Å²) in [6.45, 7) is 2.00. The van der Waals surface area contributed by atoms with E-state index in [0.29, 0.717) is 16.7 Å². The fraction of sp³-hybridized carbons (Fsp3) is 0.263. The summed E-state index contributed by atoms with van der Waals surface area (Å²) in [6.07, 6.45) is 0.817. The van der Waals surface area contributed by atoms with Gasteiger partial charge in [0.1, 0.15) is 5.75 Å². The lowest BCUT2D eigenvalue weighted by molar-refractivity contribution is -0.113. The molecule has 0 saturated heterocycles. The van der Waals surface area contributed by atoms with Crippen LogP contribution < -0.4 is 11.0 Å². The zero-order chi connectivity index (χ0) is 19.8. The van der Waals surface area contributed by atoms with Crippen LogP contribution in [-0.4, -0.2) is 29.2 Å². The molecule has 0 aliphatic carbocycles. The molecule has 8 heteroatoms. The van der Waals surface area contributed by atoms with Gasteiger partial charge >= 0.3 is 5.69 Å². The smallest absolute Gasteiger partial charge is 0.325 e. The number of carbonyl (C=O) groups excluding carboxylic acids is 1. The Balaban J connectivity index is 1.85. The summed E-state index contributed by atoms with van der Waals surface area (Å²) in [5, 5.41) is 2.63. The fourth-order valence-electron chi connectivity index (χ4n) is 3.00. The number of benzene rings is 2. The number of rotatable bonds is 5. The molecule has 0 aliphatic rings. The van der Waals surface area contributed by atoms with E-state index in [9.17, 15) is 18.0 Å². The highest BCUT2D eigenvalue weighted by Crippen LogP contribution is 2.19. The largest absolute Gasteiger partial charge is 0.328 e. The van der Waals surface area contributed by atoms with Crippen molar-refractivity contribution in [2.75, 3.05) is 11.1 Å². The molecule has 0 bridgehead atoms. The molecule has 1 amide bonds. The summed E-state index contributed by atoms with van der Waals surface area (Å²) in [4.78, 5) is 24.2. The first-order valence-electron chi connectivity index (χ1n) is 8.50. The molecular weight excluding hydrogens is 366 g/mol. The van der Waals surface area contributed by atoms with Crippen LogP contribution in [0.15, 0.2) is 52.2 Å². The normalized spacial score (nSPS) is 11.7. The second-order valence-corrected chi connectivity index (χ2v) is 8.40. The Hall–Kier alpha value is -2.87. The van der Waals surface area contributed by atoms with Crippen molar-refractivity contribution in [1.82, 2.24) is 9.13 Å². The molecule has 0 radical (unpaired) electrons. The van der Waals surface area contributed by atoms with E-state index >= 15 is 0 Å². The number of sulfone groups is 1. The molecule has 142 valence electrons. The number of hydrogen-bond acceptors (Lipinski definition) is 4. The molecule has 1 aromatic heterocycles. The van der Waals surface area contributed by atoms with Crippen LogP contribution in [0.25, 0.3) is 11.0 Å². The second kappa shape index (κ2) is 7.03. The number of amides is 1. The molecule has 0 unspecified atom stereocenters. The minimum Gasteiger partial charge on any atom is -0.325 e. The van der Waals surface area contributed by atoms with Crippen LogP contribution in [0.2, 0.25) is 0 Å². The molecule has 3 rings (SSSR count). The van der Waals surface area contributed by atoms with Gasteiger partial charge in [-0.15, -0.1) is 0 Å². The number of anilines is 1. The minimum atomic E-state index is -3.84. The molecule has 1 heterocycles. The first-order valence-corrected chi connectivity index (χ1v) is 10.1. The van der Waals surface area contributed by atoms with Gasteiger partial charge in [-0.05, 0) is 42.3 Å². The maximum Gasteiger partial charge on any atom is 0.328 e. The summed E-state index contributed by atoms with van der Waals surface area (Å²) < 4.78 is 28.1. The van der Waals surface area contributed by atoms with Crippen LogP contribution in [0, 0.1) is 0 Å². The van der Waals surface area contributed by atoms with Crippen molar-refractivity contribution in [3.05, 3.63) is 58.5 Å². The van der Waals surface area contributed by atoms with Gasteiger partial charge in [-0.25, -0.2) is 13.2 Å². The number of hydrogen-bond donors (Lipinski definition) is 1. The number of aromatic nitrogens is 2. The van der Waals surface area contributed by atoms with Crippen LogP contribution >= 0.6 is 0 Å². The molecule has 1 N–H and O–H groups in total. The van der Waals surface area contributed by atoms with E-state index < -0.39 is 21.5 Å². The van der Waals surface area contributed by atoms with Crippen LogP contribution in [-0.2, 0) is 35.1 Å². The minimum absolute atomic E-state index is 0.00802. The number of aryl methyl sites for hydroxylation is 3. The van der Waals surface area contributed by atoms with Crippen LogP contribution in [0.4, 0.5) is 5.69 Å². The zero-order valence-corrected chi connectivity index (χ0v) is 16.2. The molecule has 0 aliphatic heterocycles. The molecule has 2 aromatic carbocycles. The Morgan fingerprint density at radius 2 is 1.74 bits per heavy atom. The van der Waals surface area contributed by atoms with E-state index in [1.807, 2.05) is 25.1 Å². The van der Waals surface area contributed by atoms with E-state index in [0.717, 1.165) is 12.0 Å². The fourth-order valence-corrected chi connectivity index (χ4v) is 4.15. The first kappa shape index (κ1) is 18.9. The Labute approximate surface area is 157 Å². The molecule has 0 atom stereocenters. The third-order valence-corrected chi connectivity index (χ3v) is 6.16. The monoisotopic (exact) mass is 387 g/mol. The van der Waals surface area contributed by atoms with Gasteiger partial charge in [0.05, 0.1) is 15.9 Å². The summed E-state index contributed by atoms with van der Waals surface area (Å²) in [6, 6.07) is 11.7. The maximum absolute atomic E-state index is 12.6. The topological polar surface area (TPSA) is 90.2 Å². The number of carbonyl (C=O) groups is 1. The van der Waals surface area contributed by atoms with Crippen molar-refractivity contribution in [1.29, 1.82) is 0 Å². The van der Waals surface area contributed by atoms with Gasteiger partial charge in [0.25, 0.3) is 0 Å². The lowest BCUT2D eigenvalue weighted by Gasteiger charge is -2.08. The van der Waals surface area contributed by atoms with E-state index in [-0.39, 0.29) is 10.6 Å². The van der Waals surface area contributed by atoms with Gasteiger partial charge < -0.3 is 5.32 Å². The second-order valence-electron chi connectivity index (χ2n) is 6.41. The lowest BCUT2D eigenvalue weighted by Crippen LogP contribution is -2.23. The molecule has 7 nitrogen and oxygen atoms in total. The van der Waals surface area contributed by atoms with Crippen LogP contribution in [0.3, 0.4) is 0 Å². The summed E-state index contributed by atoms with van der Waals surface area (Å²) in [7, 11) is -0.644. The van der Waals surface area contributed by atoms with Crippen LogP contribution in [0.5, 0.6) is 0 Å². The van der Waals surface area contributed by atoms with Gasteiger partial charge in [0.2, 0.25) is 5.91 Å². The Morgan fingerprint density at radius 1 is 1.04 bits per heavy atom. The molecule has 0 fully saturated rings. The molecule has 0 saturated carbocycles. The van der Waals surface area contributed by atoms with Crippen molar-refractivity contribution in [3.63, 3.8) is 0 Å².